The van der Waals surface area contributed by atoms with Gasteiger partial charge < -0.3 is 5.32 Å². The van der Waals surface area contributed by atoms with Crippen LogP contribution in [0, 0.1) is 0 Å². The molecule has 0 heterocycles. The molecule has 0 aromatic heterocycles. The fraction of sp³-hybridized carbons (Fsp3) is 0.571. The largest absolute Gasteiger partial charge is 0.313 e. The zero-order valence-electron chi connectivity index (χ0n) is 10.2. The summed E-state index contributed by atoms with van der Waals surface area (Å²) in [5, 5.41) is 3.40. The molecule has 1 heteroatoms. The van der Waals surface area contributed by atoms with Crippen LogP contribution in [0.25, 0.3) is 0 Å². The number of benzene rings is 1. The van der Waals surface area contributed by atoms with Crippen molar-refractivity contribution in [2.24, 2.45) is 0 Å². The molecule has 84 valence electrons. The zero-order valence-corrected chi connectivity index (χ0v) is 10.2. The Bertz CT molecular complexity index is 280. The molecule has 0 bridgehead atoms. The van der Waals surface area contributed by atoms with Gasteiger partial charge in [-0.2, -0.15) is 0 Å². The van der Waals surface area contributed by atoms with Crippen LogP contribution in [0.1, 0.15) is 50.3 Å². The molecule has 15 heavy (non-hydrogen) atoms. The lowest BCUT2D eigenvalue weighted by atomic mass is 9.99. The van der Waals surface area contributed by atoms with Crippen LogP contribution in [0.2, 0.25) is 0 Å². The molecule has 1 atom stereocenters. The first-order chi connectivity index (χ1) is 7.31. The molecule has 0 aliphatic heterocycles. The van der Waals surface area contributed by atoms with Crippen molar-refractivity contribution in [1.29, 1.82) is 0 Å². The van der Waals surface area contributed by atoms with Crippen molar-refractivity contribution in [2.45, 2.75) is 45.6 Å². The Labute approximate surface area is 93.9 Å². The summed E-state index contributed by atoms with van der Waals surface area (Å²) in [6.07, 6.45) is 4.92. The summed E-state index contributed by atoms with van der Waals surface area (Å²) in [6.45, 7) is 4.45. The molecule has 1 rings (SSSR count). The summed E-state index contributed by atoms with van der Waals surface area (Å²) in [5.41, 5.74) is 2.87. The Morgan fingerprint density at radius 1 is 1.27 bits per heavy atom. The second-order valence-corrected chi connectivity index (χ2v) is 4.08. The van der Waals surface area contributed by atoms with E-state index >= 15 is 0 Å². The van der Waals surface area contributed by atoms with E-state index in [-0.39, 0.29) is 0 Å². The van der Waals surface area contributed by atoms with Crippen LogP contribution in [0.4, 0.5) is 0 Å². The van der Waals surface area contributed by atoms with Gasteiger partial charge in [-0.3, -0.25) is 0 Å². The average molecular weight is 205 g/mol. The molecule has 1 unspecified atom stereocenters. The van der Waals surface area contributed by atoms with E-state index in [4.69, 9.17) is 0 Å². The predicted molar refractivity (Wildman–Crippen MR) is 67.1 cm³/mol. The van der Waals surface area contributed by atoms with E-state index in [1.54, 1.807) is 0 Å². The summed E-state index contributed by atoms with van der Waals surface area (Å²) in [4.78, 5) is 0. The molecule has 0 aliphatic rings. The molecule has 0 spiro atoms. The molecular formula is C14H23N. The number of nitrogens with one attached hydrogen (secondary N) is 1. The van der Waals surface area contributed by atoms with E-state index in [1.807, 2.05) is 0 Å². The minimum absolute atomic E-state index is 0.524. The van der Waals surface area contributed by atoms with Gasteiger partial charge in [-0.1, -0.05) is 51.0 Å². The van der Waals surface area contributed by atoms with Crippen molar-refractivity contribution < 1.29 is 0 Å². The number of unbranched alkanes of at least 4 members (excludes halogenated alkanes) is 1. The Kier molecular flexibility index (Phi) is 5.41. The lowest BCUT2D eigenvalue weighted by Crippen LogP contribution is -2.16. The van der Waals surface area contributed by atoms with Crippen molar-refractivity contribution in [3.8, 4) is 0 Å². The van der Waals surface area contributed by atoms with E-state index in [1.165, 1.54) is 30.4 Å². The summed E-state index contributed by atoms with van der Waals surface area (Å²) in [5.74, 6) is 0. The molecule has 1 aromatic carbocycles. The Balaban J connectivity index is 2.72. The molecule has 0 amide bonds. The average Bonchev–Trinajstić information content (AvgIpc) is 2.30. The summed E-state index contributed by atoms with van der Waals surface area (Å²) in [6, 6.07) is 9.46. The van der Waals surface area contributed by atoms with Gasteiger partial charge in [-0.05, 0) is 31.0 Å². The highest BCUT2D eigenvalue weighted by Gasteiger charge is 2.08. The fourth-order valence-electron chi connectivity index (χ4n) is 1.92. The number of rotatable bonds is 6. The van der Waals surface area contributed by atoms with Crippen LogP contribution < -0.4 is 5.32 Å². The van der Waals surface area contributed by atoms with Gasteiger partial charge in [0.05, 0.1) is 0 Å². The molecule has 0 saturated carbocycles. The first kappa shape index (κ1) is 12.3. The molecule has 0 aliphatic carbocycles. The third kappa shape index (κ3) is 3.67. The number of hydrogen-bond acceptors (Lipinski definition) is 1. The van der Waals surface area contributed by atoms with Gasteiger partial charge in [0.2, 0.25) is 0 Å². The van der Waals surface area contributed by atoms with Gasteiger partial charge in [0, 0.05) is 6.04 Å². The maximum absolute atomic E-state index is 3.40. The van der Waals surface area contributed by atoms with Crippen molar-refractivity contribution in [3.05, 3.63) is 35.4 Å². The minimum atomic E-state index is 0.524. The van der Waals surface area contributed by atoms with Crippen LogP contribution in [0.3, 0.4) is 0 Å². The molecule has 0 radical (unpaired) electrons. The first-order valence-electron chi connectivity index (χ1n) is 6.07. The second kappa shape index (κ2) is 6.62. The van der Waals surface area contributed by atoms with E-state index in [9.17, 15) is 0 Å². The lowest BCUT2D eigenvalue weighted by Gasteiger charge is -2.17. The third-order valence-corrected chi connectivity index (χ3v) is 2.96. The molecule has 1 N–H and O–H groups in total. The molecule has 0 fully saturated rings. The number of hydrogen-bond donors (Lipinski definition) is 1. The van der Waals surface area contributed by atoms with Crippen molar-refractivity contribution in [2.75, 3.05) is 7.05 Å². The molecule has 1 nitrogen and oxygen atoms in total. The maximum Gasteiger partial charge on any atom is 0.0317 e. The first-order valence-corrected chi connectivity index (χ1v) is 6.07. The van der Waals surface area contributed by atoms with E-state index < -0.39 is 0 Å². The minimum Gasteiger partial charge on any atom is -0.313 e. The van der Waals surface area contributed by atoms with Gasteiger partial charge in [0.15, 0.2) is 0 Å². The normalized spacial score (nSPS) is 12.7. The summed E-state index contributed by atoms with van der Waals surface area (Å²) < 4.78 is 0. The van der Waals surface area contributed by atoms with Crippen molar-refractivity contribution in [3.63, 3.8) is 0 Å². The van der Waals surface area contributed by atoms with Crippen molar-refractivity contribution >= 4 is 0 Å². The van der Waals surface area contributed by atoms with Gasteiger partial charge in [0.25, 0.3) is 0 Å². The van der Waals surface area contributed by atoms with E-state index in [0.717, 1.165) is 6.42 Å². The molecule has 0 saturated heterocycles. The highest BCUT2D eigenvalue weighted by molar-refractivity contribution is 5.26. The lowest BCUT2D eigenvalue weighted by molar-refractivity contribution is 0.522. The smallest absolute Gasteiger partial charge is 0.0317 e. The van der Waals surface area contributed by atoms with Crippen LogP contribution in [-0.2, 0) is 6.42 Å². The standard InChI is InChI=1S/C14H23N/c1-4-6-10-14(15-3)13-9-7-8-12(5-2)11-13/h7-9,11,14-15H,4-6,10H2,1-3H3. The van der Waals surface area contributed by atoms with E-state index in [0.29, 0.717) is 6.04 Å². The second-order valence-electron chi connectivity index (χ2n) is 4.08. The number of aryl methyl sites for hydroxylation is 1. The Hall–Kier alpha value is -0.820. The molecular weight excluding hydrogens is 182 g/mol. The highest BCUT2D eigenvalue weighted by atomic mass is 14.9. The van der Waals surface area contributed by atoms with E-state index in [2.05, 4.69) is 50.5 Å². The van der Waals surface area contributed by atoms with Crippen LogP contribution in [0.5, 0.6) is 0 Å². The summed E-state index contributed by atoms with van der Waals surface area (Å²) in [7, 11) is 2.05. The predicted octanol–water partition coefficient (Wildman–Crippen LogP) is 3.70. The quantitative estimate of drug-likeness (QED) is 0.746. The van der Waals surface area contributed by atoms with Gasteiger partial charge in [0.1, 0.15) is 0 Å². The Morgan fingerprint density at radius 2 is 2.07 bits per heavy atom. The van der Waals surface area contributed by atoms with Crippen LogP contribution in [-0.4, -0.2) is 7.05 Å². The van der Waals surface area contributed by atoms with Crippen molar-refractivity contribution in [1.82, 2.24) is 5.32 Å². The Morgan fingerprint density at radius 3 is 2.67 bits per heavy atom. The van der Waals surface area contributed by atoms with Gasteiger partial charge in [-0.15, -0.1) is 0 Å². The monoisotopic (exact) mass is 205 g/mol. The van der Waals surface area contributed by atoms with Gasteiger partial charge >= 0.3 is 0 Å². The highest BCUT2D eigenvalue weighted by Crippen LogP contribution is 2.20. The van der Waals surface area contributed by atoms with Crippen LogP contribution in [0.15, 0.2) is 24.3 Å². The van der Waals surface area contributed by atoms with Gasteiger partial charge in [-0.25, -0.2) is 0 Å². The van der Waals surface area contributed by atoms with Crippen LogP contribution >= 0.6 is 0 Å². The SMILES string of the molecule is CCCCC(NC)c1cccc(CC)c1. The maximum atomic E-state index is 3.40. The topological polar surface area (TPSA) is 12.0 Å². The summed E-state index contributed by atoms with van der Waals surface area (Å²) >= 11 is 0. The zero-order chi connectivity index (χ0) is 11.1. The third-order valence-electron chi connectivity index (χ3n) is 2.96. The molecule has 1 aromatic rings. The fourth-order valence-corrected chi connectivity index (χ4v) is 1.92.